The zero-order valence-electron chi connectivity index (χ0n) is 16.8. The lowest BCUT2D eigenvalue weighted by molar-refractivity contribution is -0.150. The number of rotatable bonds is 8. The number of carbonyl (C=O) groups excluding carboxylic acids is 2. The van der Waals surface area contributed by atoms with Crippen molar-refractivity contribution in [2.45, 2.75) is 44.6 Å². The summed E-state index contributed by atoms with van der Waals surface area (Å²) < 4.78 is 8.45. The van der Waals surface area contributed by atoms with Crippen molar-refractivity contribution in [2.75, 3.05) is 11.9 Å². The second-order valence-corrected chi connectivity index (χ2v) is 8.34. The molecule has 5 nitrogen and oxygen atoms in total. The van der Waals surface area contributed by atoms with Gasteiger partial charge in [-0.25, -0.2) is 0 Å². The van der Waals surface area contributed by atoms with Crippen molar-refractivity contribution in [3.8, 4) is 0 Å². The summed E-state index contributed by atoms with van der Waals surface area (Å²) in [7, 11) is 0. The van der Waals surface area contributed by atoms with E-state index in [9.17, 15) is 9.59 Å². The quantitative estimate of drug-likeness (QED) is 0.389. The summed E-state index contributed by atoms with van der Waals surface area (Å²) in [6.45, 7) is 8.26. The van der Waals surface area contributed by atoms with Crippen LogP contribution in [0.25, 0.3) is 0 Å². The van der Waals surface area contributed by atoms with Gasteiger partial charge in [0.25, 0.3) is 0 Å². The number of hydrogen-bond acceptors (Lipinski definition) is 5. The van der Waals surface area contributed by atoms with E-state index in [-0.39, 0.29) is 18.1 Å². The van der Waals surface area contributed by atoms with Gasteiger partial charge in [0, 0.05) is 16.1 Å². The third-order valence-electron chi connectivity index (χ3n) is 3.77. The Morgan fingerprint density at radius 2 is 1.68 bits per heavy atom. The molecule has 28 heavy (non-hydrogen) atoms. The Kier molecular flexibility index (Phi) is 8.08. The molecule has 0 aliphatic carbocycles. The molecule has 2 aromatic carbocycles. The largest absolute Gasteiger partial charge is 0.465 e. The van der Waals surface area contributed by atoms with E-state index < -0.39 is 11.9 Å². The number of benzene rings is 2. The lowest BCUT2D eigenvalue weighted by atomic mass is 9.98. The van der Waals surface area contributed by atoms with Crippen molar-refractivity contribution >= 4 is 29.5 Å². The van der Waals surface area contributed by atoms with Gasteiger partial charge in [-0.3, -0.25) is 14.3 Å². The van der Waals surface area contributed by atoms with Crippen LogP contribution in [-0.2, 0) is 20.7 Å². The van der Waals surface area contributed by atoms with Crippen LogP contribution in [0.2, 0.25) is 0 Å². The van der Waals surface area contributed by atoms with Gasteiger partial charge in [0.05, 0.1) is 6.61 Å². The molecule has 0 heterocycles. The highest BCUT2D eigenvalue weighted by Crippen LogP contribution is 2.21. The number of amides is 1. The Hall–Kier alpha value is -2.31. The molecule has 2 aromatic rings. The topological polar surface area (TPSA) is 67.4 Å². The minimum atomic E-state index is -0.890. The molecule has 0 aliphatic heterocycles. The maximum absolute atomic E-state index is 12.7. The van der Waals surface area contributed by atoms with Crippen LogP contribution in [0, 0.1) is 5.92 Å². The van der Waals surface area contributed by atoms with Gasteiger partial charge < -0.3 is 10.1 Å². The maximum Gasteiger partial charge on any atom is 0.318 e. The predicted molar refractivity (Wildman–Crippen MR) is 114 cm³/mol. The van der Waals surface area contributed by atoms with Crippen LogP contribution in [0.5, 0.6) is 0 Å². The van der Waals surface area contributed by atoms with E-state index in [0.717, 1.165) is 10.5 Å². The van der Waals surface area contributed by atoms with Gasteiger partial charge in [0.1, 0.15) is 5.92 Å². The number of carbonyl (C=O) groups is 2. The van der Waals surface area contributed by atoms with Crippen molar-refractivity contribution in [3.05, 3.63) is 60.2 Å². The van der Waals surface area contributed by atoms with Gasteiger partial charge in [-0.1, -0.05) is 30.3 Å². The number of nitrogens with one attached hydrogen (secondary N) is 2. The Labute approximate surface area is 171 Å². The Morgan fingerprint density at radius 3 is 2.25 bits per heavy atom. The van der Waals surface area contributed by atoms with Crippen molar-refractivity contribution in [1.29, 1.82) is 0 Å². The van der Waals surface area contributed by atoms with Crippen molar-refractivity contribution < 1.29 is 14.3 Å². The normalized spacial score (nSPS) is 12.3. The first-order chi connectivity index (χ1) is 13.3. The smallest absolute Gasteiger partial charge is 0.318 e. The number of ether oxygens (including phenoxy) is 1. The van der Waals surface area contributed by atoms with Crippen molar-refractivity contribution in [2.24, 2.45) is 5.92 Å². The fraction of sp³-hybridized carbons (Fsp3) is 0.364. The van der Waals surface area contributed by atoms with Crippen LogP contribution in [0.15, 0.2) is 59.5 Å². The monoisotopic (exact) mass is 400 g/mol. The van der Waals surface area contributed by atoms with Gasteiger partial charge >= 0.3 is 5.97 Å². The van der Waals surface area contributed by atoms with E-state index in [1.807, 2.05) is 54.6 Å². The van der Waals surface area contributed by atoms with Crippen LogP contribution >= 0.6 is 11.9 Å². The van der Waals surface area contributed by atoms with Crippen LogP contribution in [-0.4, -0.2) is 24.0 Å². The molecule has 0 fully saturated rings. The highest BCUT2D eigenvalue weighted by Gasteiger charge is 2.28. The van der Waals surface area contributed by atoms with E-state index in [2.05, 4.69) is 30.8 Å². The molecule has 0 saturated heterocycles. The average Bonchev–Trinajstić information content (AvgIpc) is 2.66. The van der Waals surface area contributed by atoms with Crippen LogP contribution < -0.4 is 10.0 Å². The minimum Gasteiger partial charge on any atom is -0.465 e. The van der Waals surface area contributed by atoms with E-state index in [0.29, 0.717) is 12.1 Å². The number of anilines is 1. The van der Waals surface area contributed by atoms with E-state index in [1.165, 1.54) is 11.9 Å². The Balaban J connectivity index is 2.04. The Morgan fingerprint density at radius 1 is 1.04 bits per heavy atom. The van der Waals surface area contributed by atoms with E-state index in [1.54, 1.807) is 6.92 Å². The Bertz CT molecular complexity index is 771. The van der Waals surface area contributed by atoms with Gasteiger partial charge in [-0.05, 0) is 75.9 Å². The third-order valence-corrected chi connectivity index (χ3v) is 4.99. The molecule has 1 amide bonds. The summed E-state index contributed by atoms with van der Waals surface area (Å²) in [5, 5.41) is 2.83. The molecule has 6 heteroatoms. The molecule has 0 aliphatic rings. The molecular formula is C22H28N2O3S. The van der Waals surface area contributed by atoms with Gasteiger partial charge in [-0.2, -0.15) is 0 Å². The third kappa shape index (κ3) is 7.37. The summed E-state index contributed by atoms with van der Waals surface area (Å²) in [5.74, 6) is -1.76. The first-order valence-corrected chi connectivity index (χ1v) is 10.2. The molecule has 0 saturated carbocycles. The van der Waals surface area contributed by atoms with Gasteiger partial charge in [0.15, 0.2) is 0 Å². The average molecular weight is 401 g/mol. The zero-order valence-corrected chi connectivity index (χ0v) is 17.6. The molecule has 0 radical (unpaired) electrons. The van der Waals surface area contributed by atoms with E-state index >= 15 is 0 Å². The second-order valence-electron chi connectivity index (χ2n) is 7.46. The lowest BCUT2D eigenvalue weighted by Crippen LogP contribution is -2.33. The predicted octanol–water partition coefficient (Wildman–Crippen LogP) is 4.44. The highest BCUT2D eigenvalue weighted by molar-refractivity contribution is 7.97. The number of hydrogen-bond donors (Lipinski definition) is 2. The van der Waals surface area contributed by atoms with Crippen molar-refractivity contribution in [3.63, 3.8) is 0 Å². The van der Waals surface area contributed by atoms with E-state index in [4.69, 9.17) is 4.74 Å². The molecule has 1 atom stereocenters. The summed E-state index contributed by atoms with van der Waals surface area (Å²) in [4.78, 5) is 26.1. The first-order valence-electron chi connectivity index (χ1n) is 9.34. The van der Waals surface area contributed by atoms with Gasteiger partial charge in [0.2, 0.25) is 5.91 Å². The molecular weight excluding hydrogens is 372 g/mol. The molecule has 2 rings (SSSR count). The SMILES string of the molecule is CCOC(=O)C(Cc1ccccc1)C(=O)Nc1ccc(SNC(C)(C)C)cc1. The summed E-state index contributed by atoms with van der Waals surface area (Å²) in [6.07, 6.45) is 0.301. The summed E-state index contributed by atoms with van der Waals surface area (Å²) in [6, 6.07) is 17.0. The molecule has 150 valence electrons. The molecule has 2 N–H and O–H groups in total. The summed E-state index contributed by atoms with van der Waals surface area (Å²) >= 11 is 1.54. The number of esters is 1. The molecule has 0 bridgehead atoms. The van der Waals surface area contributed by atoms with Crippen LogP contribution in [0.3, 0.4) is 0 Å². The van der Waals surface area contributed by atoms with Crippen molar-refractivity contribution in [1.82, 2.24) is 4.72 Å². The zero-order chi connectivity index (χ0) is 20.6. The van der Waals surface area contributed by atoms with Gasteiger partial charge in [-0.15, -0.1) is 0 Å². The fourth-order valence-electron chi connectivity index (χ4n) is 2.42. The summed E-state index contributed by atoms with van der Waals surface area (Å²) in [5.41, 5.74) is 1.56. The fourth-order valence-corrected chi connectivity index (χ4v) is 3.12. The standard InChI is InChI=1S/C22H28N2O3S/c1-5-27-21(26)19(15-16-9-7-6-8-10-16)20(25)23-17-11-13-18(14-12-17)28-24-22(2,3)4/h6-14,19,24H,5,15H2,1-4H3,(H,23,25). The molecule has 0 spiro atoms. The second kappa shape index (κ2) is 10.3. The van der Waals surface area contributed by atoms with Crippen LogP contribution in [0.1, 0.15) is 33.3 Å². The maximum atomic E-state index is 12.7. The van der Waals surface area contributed by atoms with Crippen LogP contribution in [0.4, 0.5) is 5.69 Å². The first kappa shape index (κ1) is 22.0. The minimum absolute atomic E-state index is 0.00184. The molecule has 0 aromatic heterocycles. The molecule has 1 unspecified atom stereocenters. The lowest BCUT2D eigenvalue weighted by Gasteiger charge is -2.19. The highest BCUT2D eigenvalue weighted by atomic mass is 32.2.